The highest BCUT2D eigenvalue weighted by Gasteiger charge is 2.37. The number of nitrogens with zero attached hydrogens (tertiary/aromatic N) is 4. The minimum Gasteiger partial charge on any atom is -0.310 e. The lowest BCUT2D eigenvalue weighted by Gasteiger charge is -2.30. The van der Waals surface area contributed by atoms with E-state index in [9.17, 15) is 13.2 Å². The molecular formula is C19H21F3N4S. The molecule has 0 N–H and O–H groups in total. The topological polar surface area (TPSA) is 32.3 Å². The number of rotatable bonds is 3. The number of hydrogen-bond donors (Lipinski definition) is 0. The van der Waals surface area contributed by atoms with Gasteiger partial charge in [-0.05, 0) is 24.5 Å². The Morgan fingerprint density at radius 1 is 1.07 bits per heavy atom. The van der Waals surface area contributed by atoms with Gasteiger partial charge in [-0.25, -0.2) is 9.97 Å². The fourth-order valence-corrected chi connectivity index (χ4v) is 4.61. The lowest BCUT2D eigenvalue weighted by atomic mass is 10.0. The average molecular weight is 394 g/mol. The maximum Gasteiger partial charge on any atom is 0.433 e. The Morgan fingerprint density at radius 2 is 1.85 bits per heavy atom. The van der Waals surface area contributed by atoms with Gasteiger partial charge in [0, 0.05) is 55.1 Å². The van der Waals surface area contributed by atoms with Crippen LogP contribution in [0.2, 0.25) is 0 Å². The van der Waals surface area contributed by atoms with E-state index in [1.807, 2.05) is 40.9 Å². The van der Waals surface area contributed by atoms with Crippen molar-refractivity contribution in [2.45, 2.75) is 25.6 Å². The van der Waals surface area contributed by atoms with E-state index in [0.29, 0.717) is 6.54 Å². The minimum atomic E-state index is -4.49. The first-order valence-electron chi connectivity index (χ1n) is 9.11. The molecule has 2 aliphatic heterocycles. The van der Waals surface area contributed by atoms with Crippen molar-refractivity contribution in [3.63, 3.8) is 0 Å². The summed E-state index contributed by atoms with van der Waals surface area (Å²) < 4.78 is 41.1. The van der Waals surface area contributed by atoms with E-state index in [1.165, 1.54) is 6.20 Å². The number of para-hydroxylation sites is 1. The van der Waals surface area contributed by atoms with Crippen LogP contribution in [0.25, 0.3) is 0 Å². The zero-order valence-electron chi connectivity index (χ0n) is 14.9. The molecule has 0 saturated carbocycles. The number of hydrogen-bond acceptors (Lipinski definition) is 5. The first-order chi connectivity index (χ1) is 13.0. The van der Waals surface area contributed by atoms with Gasteiger partial charge in [0.05, 0.1) is 0 Å². The molecule has 4 nitrogen and oxygen atoms in total. The molecule has 1 fully saturated rings. The summed E-state index contributed by atoms with van der Waals surface area (Å²) in [6, 6.07) is 7.77. The zero-order valence-corrected chi connectivity index (χ0v) is 15.7. The standard InChI is InChI=1S/C19H21F3N4S/c20-19(21,22)17-15(13-25-8-10-27-11-9-25)12-23-18(24-17)26-7-3-5-14-4-1-2-6-16(14)26/h1-2,4,6,12H,3,5,7-11,13H2. The van der Waals surface area contributed by atoms with E-state index in [0.717, 1.165) is 48.7 Å². The largest absolute Gasteiger partial charge is 0.433 e. The Hall–Kier alpha value is -1.80. The molecule has 0 atom stereocenters. The molecule has 0 bridgehead atoms. The molecule has 1 aromatic carbocycles. The van der Waals surface area contributed by atoms with Gasteiger partial charge in [-0.3, -0.25) is 4.90 Å². The van der Waals surface area contributed by atoms with Crippen LogP contribution in [0.15, 0.2) is 30.5 Å². The van der Waals surface area contributed by atoms with Crippen molar-refractivity contribution >= 4 is 23.4 Å². The molecule has 2 aliphatic rings. The van der Waals surface area contributed by atoms with Gasteiger partial charge >= 0.3 is 6.18 Å². The predicted molar refractivity (Wildman–Crippen MR) is 101 cm³/mol. The number of aryl methyl sites for hydroxylation is 1. The van der Waals surface area contributed by atoms with Crippen LogP contribution in [-0.4, -0.2) is 46.0 Å². The van der Waals surface area contributed by atoms with E-state index in [1.54, 1.807) is 4.90 Å². The first kappa shape index (κ1) is 18.6. The Balaban J connectivity index is 1.67. The van der Waals surface area contributed by atoms with Gasteiger partial charge in [0.15, 0.2) is 5.69 Å². The molecule has 0 spiro atoms. The van der Waals surface area contributed by atoms with Crippen molar-refractivity contribution in [1.82, 2.24) is 14.9 Å². The number of fused-ring (bicyclic) bond motifs is 1. The Bertz CT molecular complexity index is 806. The molecule has 2 aromatic rings. The van der Waals surface area contributed by atoms with Crippen molar-refractivity contribution in [2.24, 2.45) is 0 Å². The zero-order chi connectivity index (χ0) is 18.9. The highest BCUT2D eigenvalue weighted by Crippen LogP contribution is 2.35. The molecule has 144 valence electrons. The highest BCUT2D eigenvalue weighted by atomic mass is 32.2. The summed E-state index contributed by atoms with van der Waals surface area (Å²) in [6.45, 7) is 2.45. The number of anilines is 2. The summed E-state index contributed by atoms with van der Waals surface area (Å²) in [6.07, 6.45) is -1.34. The molecule has 4 rings (SSSR count). The van der Waals surface area contributed by atoms with Crippen LogP contribution >= 0.6 is 11.8 Å². The van der Waals surface area contributed by atoms with Gasteiger partial charge < -0.3 is 4.90 Å². The van der Waals surface area contributed by atoms with Crippen LogP contribution < -0.4 is 4.90 Å². The monoisotopic (exact) mass is 394 g/mol. The lowest BCUT2D eigenvalue weighted by Crippen LogP contribution is -2.33. The van der Waals surface area contributed by atoms with Crippen molar-refractivity contribution in [1.29, 1.82) is 0 Å². The summed E-state index contributed by atoms with van der Waals surface area (Å²) in [5.74, 6) is 2.03. The highest BCUT2D eigenvalue weighted by molar-refractivity contribution is 7.99. The van der Waals surface area contributed by atoms with Gasteiger partial charge in [0.2, 0.25) is 5.95 Å². The molecule has 1 aromatic heterocycles. The summed E-state index contributed by atoms with van der Waals surface area (Å²) in [7, 11) is 0. The van der Waals surface area contributed by atoms with Crippen molar-refractivity contribution in [3.8, 4) is 0 Å². The Morgan fingerprint density at radius 3 is 2.63 bits per heavy atom. The summed E-state index contributed by atoms with van der Waals surface area (Å²) >= 11 is 1.83. The Labute approximate surface area is 160 Å². The average Bonchev–Trinajstić information content (AvgIpc) is 2.68. The summed E-state index contributed by atoms with van der Waals surface area (Å²) in [4.78, 5) is 12.2. The normalized spacial score (nSPS) is 18.4. The van der Waals surface area contributed by atoms with Gasteiger partial charge in [-0.1, -0.05) is 18.2 Å². The van der Waals surface area contributed by atoms with E-state index in [2.05, 4.69) is 9.97 Å². The molecule has 27 heavy (non-hydrogen) atoms. The van der Waals surface area contributed by atoms with Crippen LogP contribution in [0.3, 0.4) is 0 Å². The van der Waals surface area contributed by atoms with Crippen molar-refractivity contribution < 1.29 is 13.2 Å². The number of alkyl halides is 3. The van der Waals surface area contributed by atoms with Gasteiger partial charge in [0.25, 0.3) is 0 Å². The minimum absolute atomic E-state index is 0.132. The maximum atomic E-state index is 13.7. The molecule has 0 aliphatic carbocycles. The lowest BCUT2D eigenvalue weighted by molar-refractivity contribution is -0.142. The third-order valence-electron chi connectivity index (χ3n) is 4.97. The molecule has 0 amide bonds. The van der Waals surface area contributed by atoms with Crippen molar-refractivity contribution in [2.75, 3.05) is 36.0 Å². The number of aromatic nitrogens is 2. The Kier molecular flexibility index (Phi) is 5.27. The van der Waals surface area contributed by atoms with E-state index in [4.69, 9.17) is 0 Å². The predicted octanol–water partition coefficient (Wildman–Crippen LogP) is 4.13. The SMILES string of the molecule is FC(F)(F)c1nc(N2CCCc3ccccc32)ncc1CN1CCSCC1. The van der Waals surface area contributed by atoms with E-state index in [-0.39, 0.29) is 18.1 Å². The van der Waals surface area contributed by atoms with Gasteiger partial charge in [-0.15, -0.1) is 0 Å². The van der Waals surface area contributed by atoms with Crippen LogP contribution in [0.4, 0.5) is 24.8 Å². The van der Waals surface area contributed by atoms with Crippen LogP contribution in [0.5, 0.6) is 0 Å². The molecule has 0 unspecified atom stereocenters. The van der Waals surface area contributed by atoms with Crippen LogP contribution in [0, 0.1) is 0 Å². The summed E-state index contributed by atoms with van der Waals surface area (Å²) in [5.41, 5.74) is 1.37. The second kappa shape index (κ2) is 7.67. The quantitative estimate of drug-likeness (QED) is 0.782. The maximum absolute atomic E-state index is 13.7. The number of benzene rings is 1. The van der Waals surface area contributed by atoms with Gasteiger partial charge in [0.1, 0.15) is 0 Å². The van der Waals surface area contributed by atoms with Crippen LogP contribution in [-0.2, 0) is 19.1 Å². The second-order valence-electron chi connectivity index (χ2n) is 6.81. The molecule has 8 heteroatoms. The van der Waals surface area contributed by atoms with E-state index < -0.39 is 11.9 Å². The molecule has 3 heterocycles. The number of halogens is 3. The fraction of sp³-hybridized carbons (Fsp3) is 0.474. The molecule has 0 radical (unpaired) electrons. The first-order valence-corrected chi connectivity index (χ1v) is 10.3. The van der Waals surface area contributed by atoms with E-state index >= 15 is 0 Å². The second-order valence-corrected chi connectivity index (χ2v) is 8.04. The van der Waals surface area contributed by atoms with Crippen molar-refractivity contribution in [3.05, 3.63) is 47.3 Å². The third kappa shape index (κ3) is 4.06. The molecule has 1 saturated heterocycles. The van der Waals surface area contributed by atoms with Gasteiger partial charge in [-0.2, -0.15) is 24.9 Å². The fourth-order valence-electron chi connectivity index (χ4n) is 3.63. The molecular weight excluding hydrogens is 373 g/mol. The summed E-state index contributed by atoms with van der Waals surface area (Å²) in [5, 5.41) is 0. The smallest absolute Gasteiger partial charge is 0.310 e. The van der Waals surface area contributed by atoms with Crippen LogP contribution in [0.1, 0.15) is 23.2 Å². The number of thioether (sulfide) groups is 1. The third-order valence-corrected chi connectivity index (χ3v) is 5.91.